The van der Waals surface area contributed by atoms with Crippen molar-refractivity contribution in [3.63, 3.8) is 0 Å². The fraction of sp³-hybridized carbons (Fsp3) is 0.412. The van der Waals surface area contributed by atoms with Gasteiger partial charge < -0.3 is 14.6 Å². The van der Waals surface area contributed by atoms with Gasteiger partial charge in [0.1, 0.15) is 0 Å². The van der Waals surface area contributed by atoms with Crippen molar-refractivity contribution >= 4 is 21.8 Å². The molecule has 120 valence electrons. The van der Waals surface area contributed by atoms with Crippen LogP contribution in [0.25, 0.3) is 11.3 Å². The normalized spacial score (nSPS) is 26.2. The Balaban J connectivity index is 1.46. The molecule has 0 spiro atoms. The van der Waals surface area contributed by atoms with Gasteiger partial charge in [0.05, 0.1) is 6.20 Å². The van der Waals surface area contributed by atoms with Gasteiger partial charge >= 0.3 is 5.91 Å². The van der Waals surface area contributed by atoms with E-state index in [1.54, 1.807) is 6.20 Å². The number of hydrogen-bond donors (Lipinski definition) is 1. The summed E-state index contributed by atoms with van der Waals surface area (Å²) in [5.41, 5.74) is 0.905. The second-order valence-electron chi connectivity index (χ2n) is 6.25. The predicted molar refractivity (Wildman–Crippen MR) is 90.1 cm³/mol. The maximum Gasteiger partial charge on any atom is 0.307 e. The maximum atomic E-state index is 12.4. The van der Waals surface area contributed by atoms with E-state index in [1.165, 1.54) is 12.8 Å². The van der Waals surface area contributed by atoms with E-state index in [0.717, 1.165) is 29.7 Å². The number of benzene rings is 1. The minimum absolute atomic E-state index is 0.138. The summed E-state index contributed by atoms with van der Waals surface area (Å²) in [6.07, 6.45) is 3.94. The van der Waals surface area contributed by atoms with Crippen molar-refractivity contribution in [2.24, 2.45) is 5.92 Å². The van der Waals surface area contributed by atoms with Crippen LogP contribution in [-0.2, 0) is 0 Å². The summed E-state index contributed by atoms with van der Waals surface area (Å²) in [7, 11) is 0. The van der Waals surface area contributed by atoms with Gasteiger partial charge in [0, 0.05) is 22.6 Å². The molecule has 3 aliphatic rings. The lowest BCUT2D eigenvalue weighted by Crippen LogP contribution is -2.57. The minimum Gasteiger partial charge on any atom is -0.432 e. The van der Waals surface area contributed by atoms with Crippen molar-refractivity contribution in [2.45, 2.75) is 18.9 Å². The summed E-state index contributed by atoms with van der Waals surface area (Å²) in [5, 5.41) is 3.10. The molecule has 1 aromatic heterocycles. The van der Waals surface area contributed by atoms with Crippen LogP contribution in [0.15, 0.2) is 39.4 Å². The zero-order chi connectivity index (χ0) is 15.8. The van der Waals surface area contributed by atoms with E-state index >= 15 is 0 Å². The number of carbonyl (C=O) groups is 1. The molecule has 3 aliphatic heterocycles. The van der Waals surface area contributed by atoms with E-state index in [4.69, 9.17) is 4.42 Å². The monoisotopic (exact) mass is 375 g/mol. The minimum atomic E-state index is -0.216. The molecule has 5 rings (SSSR count). The highest BCUT2D eigenvalue weighted by Crippen LogP contribution is 2.28. The summed E-state index contributed by atoms with van der Waals surface area (Å²) in [6, 6.07) is 7.95. The van der Waals surface area contributed by atoms with Gasteiger partial charge in [0.15, 0.2) is 5.76 Å². The van der Waals surface area contributed by atoms with Gasteiger partial charge in [-0.1, -0.05) is 28.1 Å². The van der Waals surface area contributed by atoms with Gasteiger partial charge in [0.2, 0.25) is 0 Å². The molecular weight excluding hydrogens is 358 g/mol. The third-order valence-corrected chi connectivity index (χ3v) is 5.33. The number of aromatic nitrogens is 1. The largest absolute Gasteiger partial charge is 0.432 e. The van der Waals surface area contributed by atoms with Gasteiger partial charge in [-0.25, -0.2) is 4.98 Å². The quantitative estimate of drug-likeness (QED) is 0.895. The van der Waals surface area contributed by atoms with E-state index < -0.39 is 0 Å². The van der Waals surface area contributed by atoms with Crippen LogP contribution in [0.3, 0.4) is 0 Å². The number of fused-ring (bicyclic) bond motifs is 3. The van der Waals surface area contributed by atoms with Crippen molar-refractivity contribution in [1.82, 2.24) is 15.2 Å². The second-order valence-corrected chi connectivity index (χ2v) is 7.17. The van der Waals surface area contributed by atoms with E-state index in [-0.39, 0.29) is 17.8 Å². The van der Waals surface area contributed by atoms with Crippen LogP contribution >= 0.6 is 15.9 Å². The van der Waals surface area contributed by atoms with E-state index in [9.17, 15) is 4.79 Å². The molecule has 0 radical (unpaired) electrons. The maximum absolute atomic E-state index is 12.4. The first kappa shape index (κ1) is 14.9. The predicted octanol–water partition coefficient (Wildman–Crippen LogP) is 2.93. The van der Waals surface area contributed by atoms with Crippen LogP contribution in [-0.4, -0.2) is 41.5 Å². The molecule has 3 fully saturated rings. The van der Waals surface area contributed by atoms with Crippen LogP contribution in [0.1, 0.15) is 23.5 Å². The molecule has 4 heterocycles. The van der Waals surface area contributed by atoms with Crippen molar-refractivity contribution < 1.29 is 9.21 Å². The summed E-state index contributed by atoms with van der Waals surface area (Å²) in [6.45, 7) is 3.25. The first-order valence-electron chi connectivity index (χ1n) is 7.94. The highest BCUT2D eigenvalue weighted by molar-refractivity contribution is 9.10. The SMILES string of the molecule is O=C(N[C@H]1CN2CCC1CC2)c1ncc(-c2ccc(Br)cc2)o1. The van der Waals surface area contributed by atoms with Crippen LogP contribution in [0, 0.1) is 5.92 Å². The number of rotatable bonds is 3. The van der Waals surface area contributed by atoms with Crippen molar-refractivity contribution in [3.05, 3.63) is 40.8 Å². The molecule has 0 aliphatic carbocycles. The highest BCUT2D eigenvalue weighted by atomic mass is 79.9. The Morgan fingerprint density at radius 2 is 2.00 bits per heavy atom. The standard InChI is InChI=1S/C17H18BrN3O2/c18-13-3-1-12(2-4-13)15-9-19-17(23-15)16(22)20-14-10-21-7-5-11(14)6-8-21/h1-4,9,11,14H,5-8,10H2,(H,20,22)/t14-/m0/s1. The Hall–Kier alpha value is -1.66. The average Bonchev–Trinajstić information content (AvgIpc) is 3.07. The molecule has 1 N–H and O–H groups in total. The zero-order valence-corrected chi connectivity index (χ0v) is 14.3. The Morgan fingerprint density at radius 1 is 1.26 bits per heavy atom. The molecule has 0 unspecified atom stereocenters. The Bertz CT molecular complexity index is 705. The number of carbonyl (C=O) groups excluding carboxylic acids is 1. The number of amides is 1. The molecule has 23 heavy (non-hydrogen) atoms. The second kappa shape index (κ2) is 6.09. The highest BCUT2D eigenvalue weighted by Gasteiger charge is 2.35. The molecule has 2 aromatic rings. The lowest BCUT2D eigenvalue weighted by molar-refractivity contribution is 0.0602. The average molecular weight is 376 g/mol. The van der Waals surface area contributed by atoms with Crippen LogP contribution in [0.2, 0.25) is 0 Å². The van der Waals surface area contributed by atoms with Crippen LogP contribution in [0.4, 0.5) is 0 Å². The Labute approximate surface area is 143 Å². The van der Waals surface area contributed by atoms with Gasteiger partial charge in [-0.05, 0) is 44.0 Å². The van der Waals surface area contributed by atoms with Gasteiger partial charge in [-0.2, -0.15) is 0 Å². The van der Waals surface area contributed by atoms with Gasteiger partial charge in [-0.3, -0.25) is 4.79 Å². The number of nitrogens with zero attached hydrogens (tertiary/aromatic N) is 2. The smallest absolute Gasteiger partial charge is 0.307 e. The van der Waals surface area contributed by atoms with Crippen molar-refractivity contribution in [2.75, 3.05) is 19.6 Å². The van der Waals surface area contributed by atoms with Gasteiger partial charge in [0.25, 0.3) is 5.89 Å². The first-order chi connectivity index (χ1) is 11.2. The Morgan fingerprint density at radius 3 is 2.65 bits per heavy atom. The van der Waals surface area contributed by atoms with Crippen molar-refractivity contribution in [1.29, 1.82) is 0 Å². The van der Waals surface area contributed by atoms with E-state index in [1.807, 2.05) is 24.3 Å². The van der Waals surface area contributed by atoms with Crippen LogP contribution < -0.4 is 5.32 Å². The van der Waals surface area contributed by atoms with Crippen molar-refractivity contribution in [3.8, 4) is 11.3 Å². The molecule has 1 atom stereocenters. The van der Waals surface area contributed by atoms with Gasteiger partial charge in [-0.15, -0.1) is 0 Å². The number of oxazole rings is 1. The molecule has 6 heteroatoms. The zero-order valence-electron chi connectivity index (χ0n) is 12.7. The number of halogens is 1. The first-order valence-corrected chi connectivity index (χ1v) is 8.73. The summed E-state index contributed by atoms with van der Waals surface area (Å²) in [4.78, 5) is 18.9. The topological polar surface area (TPSA) is 58.4 Å². The third-order valence-electron chi connectivity index (χ3n) is 4.80. The third kappa shape index (κ3) is 3.05. The Kier molecular flexibility index (Phi) is 3.95. The lowest BCUT2D eigenvalue weighted by Gasteiger charge is -2.44. The molecule has 3 saturated heterocycles. The number of piperidine rings is 3. The fourth-order valence-electron chi connectivity index (χ4n) is 3.49. The fourth-order valence-corrected chi connectivity index (χ4v) is 3.75. The molecule has 1 aromatic carbocycles. The lowest BCUT2D eigenvalue weighted by atomic mass is 9.84. The number of hydrogen-bond acceptors (Lipinski definition) is 4. The van der Waals surface area contributed by atoms with Crippen LogP contribution in [0.5, 0.6) is 0 Å². The summed E-state index contributed by atoms with van der Waals surface area (Å²) < 4.78 is 6.64. The molecule has 0 saturated carbocycles. The summed E-state index contributed by atoms with van der Waals surface area (Å²) in [5.74, 6) is 1.12. The summed E-state index contributed by atoms with van der Waals surface area (Å²) >= 11 is 3.40. The number of nitrogens with one attached hydrogen (secondary N) is 1. The van der Waals surface area contributed by atoms with E-state index in [0.29, 0.717) is 11.7 Å². The van der Waals surface area contributed by atoms with E-state index in [2.05, 4.69) is 31.1 Å². The molecule has 2 bridgehead atoms. The molecule has 5 nitrogen and oxygen atoms in total. The molecular formula is C17H18BrN3O2. The molecule has 1 amide bonds.